The SMILES string of the molecule is CCCc1cccc(-c2ccc(OC(F)F)c(F)c2)c1. The third-order valence-electron chi connectivity index (χ3n) is 2.95. The molecule has 0 heterocycles. The number of ether oxygens (including phenoxy) is 1. The first-order valence-corrected chi connectivity index (χ1v) is 6.44. The van der Waals surface area contributed by atoms with Crippen LogP contribution in [0.4, 0.5) is 13.2 Å². The minimum Gasteiger partial charge on any atom is -0.432 e. The Morgan fingerprint density at radius 2 is 1.80 bits per heavy atom. The van der Waals surface area contributed by atoms with Crippen LogP contribution in [0.15, 0.2) is 42.5 Å². The summed E-state index contributed by atoms with van der Waals surface area (Å²) in [6, 6.07) is 11.8. The molecule has 20 heavy (non-hydrogen) atoms. The maximum absolute atomic E-state index is 13.7. The average Bonchev–Trinajstić information content (AvgIpc) is 2.41. The summed E-state index contributed by atoms with van der Waals surface area (Å²) < 4.78 is 41.9. The van der Waals surface area contributed by atoms with Crippen molar-refractivity contribution in [2.45, 2.75) is 26.4 Å². The van der Waals surface area contributed by atoms with Gasteiger partial charge in [-0.25, -0.2) is 4.39 Å². The molecule has 0 aliphatic rings. The Balaban J connectivity index is 2.29. The predicted molar refractivity (Wildman–Crippen MR) is 72.5 cm³/mol. The van der Waals surface area contributed by atoms with Crippen molar-refractivity contribution in [2.75, 3.05) is 0 Å². The second kappa shape index (κ2) is 6.46. The summed E-state index contributed by atoms with van der Waals surface area (Å²) in [5, 5.41) is 0. The Kier molecular flexibility index (Phi) is 4.66. The summed E-state index contributed by atoms with van der Waals surface area (Å²) in [4.78, 5) is 0. The quantitative estimate of drug-likeness (QED) is 0.745. The lowest BCUT2D eigenvalue weighted by molar-refractivity contribution is -0.0521. The Morgan fingerprint density at radius 1 is 1.05 bits per heavy atom. The minimum absolute atomic E-state index is 0.437. The summed E-state index contributed by atoms with van der Waals surface area (Å²) in [5.74, 6) is -1.22. The number of aryl methyl sites for hydroxylation is 1. The van der Waals surface area contributed by atoms with E-state index < -0.39 is 18.2 Å². The van der Waals surface area contributed by atoms with Gasteiger partial charge in [-0.05, 0) is 35.2 Å². The smallest absolute Gasteiger partial charge is 0.387 e. The maximum Gasteiger partial charge on any atom is 0.387 e. The Labute approximate surface area is 116 Å². The largest absolute Gasteiger partial charge is 0.432 e. The molecule has 0 bridgehead atoms. The molecule has 2 aromatic carbocycles. The first-order valence-electron chi connectivity index (χ1n) is 6.44. The van der Waals surface area contributed by atoms with Crippen LogP contribution in [-0.2, 0) is 6.42 Å². The zero-order valence-electron chi connectivity index (χ0n) is 11.1. The molecule has 0 saturated carbocycles. The number of benzene rings is 2. The van der Waals surface area contributed by atoms with Crippen molar-refractivity contribution >= 4 is 0 Å². The monoisotopic (exact) mass is 280 g/mol. The lowest BCUT2D eigenvalue weighted by atomic mass is 10.0. The van der Waals surface area contributed by atoms with Crippen molar-refractivity contribution in [2.24, 2.45) is 0 Å². The lowest BCUT2D eigenvalue weighted by Crippen LogP contribution is -2.03. The van der Waals surface area contributed by atoms with Gasteiger partial charge < -0.3 is 4.74 Å². The fraction of sp³-hybridized carbons (Fsp3) is 0.250. The van der Waals surface area contributed by atoms with Gasteiger partial charge in [0.25, 0.3) is 0 Å². The summed E-state index contributed by atoms with van der Waals surface area (Å²) in [7, 11) is 0. The summed E-state index contributed by atoms with van der Waals surface area (Å²) in [5.41, 5.74) is 2.67. The zero-order chi connectivity index (χ0) is 14.5. The van der Waals surface area contributed by atoms with E-state index in [1.165, 1.54) is 17.7 Å². The van der Waals surface area contributed by atoms with Gasteiger partial charge in [0, 0.05) is 0 Å². The van der Waals surface area contributed by atoms with Crippen molar-refractivity contribution in [3.05, 3.63) is 53.8 Å². The van der Waals surface area contributed by atoms with Crippen molar-refractivity contribution < 1.29 is 17.9 Å². The normalized spacial score (nSPS) is 10.8. The first kappa shape index (κ1) is 14.4. The van der Waals surface area contributed by atoms with Crippen LogP contribution in [0, 0.1) is 5.82 Å². The first-order chi connectivity index (χ1) is 9.60. The molecule has 0 aliphatic heterocycles. The molecule has 4 heteroatoms. The molecule has 0 unspecified atom stereocenters. The van der Waals surface area contributed by atoms with E-state index in [2.05, 4.69) is 11.7 Å². The molecule has 0 spiro atoms. The highest BCUT2D eigenvalue weighted by atomic mass is 19.3. The Hall–Kier alpha value is -1.97. The molecular formula is C16H15F3O. The van der Waals surface area contributed by atoms with Gasteiger partial charge in [0.15, 0.2) is 11.6 Å². The molecule has 0 N–H and O–H groups in total. The van der Waals surface area contributed by atoms with E-state index >= 15 is 0 Å². The zero-order valence-corrected chi connectivity index (χ0v) is 11.1. The molecule has 0 atom stereocenters. The van der Waals surface area contributed by atoms with Crippen LogP contribution in [0.1, 0.15) is 18.9 Å². The van der Waals surface area contributed by atoms with E-state index in [0.717, 1.165) is 18.4 Å². The van der Waals surface area contributed by atoms with Crippen LogP contribution in [0.25, 0.3) is 11.1 Å². The predicted octanol–water partition coefficient (Wildman–Crippen LogP) is 5.05. The number of rotatable bonds is 5. The topological polar surface area (TPSA) is 9.23 Å². The van der Waals surface area contributed by atoms with Crippen LogP contribution in [0.3, 0.4) is 0 Å². The molecule has 106 valence electrons. The third kappa shape index (κ3) is 3.53. The molecular weight excluding hydrogens is 265 g/mol. The minimum atomic E-state index is -3.02. The maximum atomic E-state index is 13.7. The van der Waals surface area contributed by atoms with E-state index in [1.807, 2.05) is 24.3 Å². The van der Waals surface area contributed by atoms with Crippen molar-refractivity contribution in [3.8, 4) is 16.9 Å². The number of hydrogen-bond acceptors (Lipinski definition) is 1. The highest BCUT2D eigenvalue weighted by Crippen LogP contribution is 2.27. The second-order valence-electron chi connectivity index (χ2n) is 4.47. The van der Waals surface area contributed by atoms with E-state index in [0.29, 0.717) is 5.56 Å². The van der Waals surface area contributed by atoms with Crippen LogP contribution >= 0.6 is 0 Å². The highest BCUT2D eigenvalue weighted by molar-refractivity contribution is 5.65. The average molecular weight is 280 g/mol. The van der Waals surface area contributed by atoms with Gasteiger partial charge in [-0.3, -0.25) is 0 Å². The van der Waals surface area contributed by atoms with Gasteiger partial charge in [0.05, 0.1) is 0 Å². The lowest BCUT2D eigenvalue weighted by Gasteiger charge is -2.09. The molecule has 2 rings (SSSR count). The standard InChI is InChI=1S/C16H15F3O/c1-2-4-11-5-3-6-12(9-11)13-7-8-15(14(17)10-13)20-16(18)19/h3,5-10,16H,2,4H2,1H3. The third-order valence-corrected chi connectivity index (χ3v) is 2.95. The van der Waals surface area contributed by atoms with Crippen molar-refractivity contribution in [3.63, 3.8) is 0 Å². The number of halogens is 3. The molecule has 0 saturated heterocycles. The molecule has 0 amide bonds. The van der Waals surface area contributed by atoms with Gasteiger partial charge in [-0.2, -0.15) is 8.78 Å². The summed E-state index contributed by atoms with van der Waals surface area (Å²) in [6.45, 7) is -0.939. The molecule has 1 nitrogen and oxygen atoms in total. The molecule has 0 aliphatic carbocycles. The fourth-order valence-corrected chi connectivity index (χ4v) is 2.07. The molecule has 0 radical (unpaired) electrons. The van der Waals surface area contributed by atoms with E-state index in [9.17, 15) is 13.2 Å². The van der Waals surface area contributed by atoms with Crippen molar-refractivity contribution in [1.29, 1.82) is 0 Å². The summed E-state index contributed by atoms with van der Waals surface area (Å²) >= 11 is 0. The van der Waals surface area contributed by atoms with Crippen LogP contribution in [0.5, 0.6) is 5.75 Å². The van der Waals surface area contributed by atoms with E-state index in [4.69, 9.17) is 0 Å². The van der Waals surface area contributed by atoms with Crippen LogP contribution in [-0.4, -0.2) is 6.61 Å². The van der Waals surface area contributed by atoms with Gasteiger partial charge in [0.1, 0.15) is 0 Å². The van der Waals surface area contributed by atoms with Gasteiger partial charge >= 0.3 is 6.61 Å². The van der Waals surface area contributed by atoms with Gasteiger partial charge in [-0.15, -0.1) is 0 Å². The van der Waals surface area contributed by atoms with Crippen molar-refractivity contribution in [1.82, 2.24) is 0 Å². The molecule has 0 fully saturated rings. The molecule has 0 aromatic heterocycles. The van der Waals surface area contributed by atoms with Crippen LogP contribution in [0.2, 0.25) is 0 Å². The Bertz CT molecular complexity index is 582. The number of alkyl halides is 2. The Morgan fingerprint density at radius 3 is 2.45 bits per heavy atom. The summed E-state index contributed by atoms with van der Waals surface area (Å²) in [6.07, 6.45) is 1.97. The van der Waals surface area contributed by atoms with E-state index in [1.54, 1.807) is 6.07 Å². The second-order valence-corrected chi connectivity index (χ2v) is 4.47. The van der Waals surface area contributed by atoms with E-state index in [-0.39, 0.29) is 0 Å². The fourth-order valence-electron chi connectivity index (χ4n) is 2.07. The molecule has 2 aromatic rings. The van der Waals surface area contributed by atoms with Crippen LogP contribution < -0.4 is 4.74 Å². The van der Waals surface area contributed by atoms with Gasteiger partial charge in [0.2, 0.25) is 0 Å². The van der Waals surface area contributed by atoms with Gasteiger partial charge in [-0.1, -0.05) is 43.7 Å². The number of hydrogen-bond donors (Lipinski definition) is 0. The highest BCUT2D eigenvalue weighted by Gasteiger charge is 2.11.